The van der Waals surface area contributed by atoms with Gasteiger partial charge in [-0.05, 0) is 30.5 Å². The van der Waals surface area contributed by atoms with Gasteiger partial charge in [-0.2, -0.15) is 13.2 Å². The van der Waals surface area contributed by atoms with Crippen molar-refractivity contribution in [2.24, 2.45) is 0 Å². The first-order valence-electron chi connectivity index (χ1n) is 8.53. The molecule has 2 amide bonds. The summed E-state index contributed by atoms with van der Waals surface area (Å²) in [6.45, 7) is 3.90. The Kier molecular flexibility index (Phi) is 8.45. The highest BCUT2D eigenvalue weighted by Crippen LogP contribution is 2.29. The normalized spacial score (nSPS) is 11.4. The fraction of sp³-hybridized carbons (Fsp3) is 0.556. The van der Waals surface area contributed by atoms with Gasteiger partial charge in [-0.25, -0.2) is 0 Å². The number of hydrogen-bond acceptors (Lipinski definition) is 2. The van der Waals surface area contributed by atoms with Crippen LogP contribution in [0.4, 0.5) is 13.2 Å². The van der Waals surface area contributed by atoms with Crippen LogP contribution in [0.5, 0.6) is 0 Å². The maximum Gasteiger partial charge on any atom is 0.416 e. The molecule has 0 aliphatic rings. The summed E-state index contributed by atoms with van der Waals surface area (Å²) >= 11 is 0. The van der Waals surface area contributed by atoms with E-state index in [4.69, 9.17) is 0 Å². The van der Waals surface area contributed by atoms with E-state index in [2.05, 4.69) is 10.6 Å². The second kappa shape index (κ2) is 10.1. The number of rotatable bonds is 9. The first-order valence-corrected chi connectivity index (χ1v) is 8.53. The zero-order valence-corrected chi connectivity index (χ0v) is 14.6. The van der Waals surface area contributed by atoms with Gasteiger partial charge in [0.1, 0.15) is 6.17 Å². The Morgan fingerprint density at radius 1 is 0.920 bits per heavy atom. The molecule has 0 fully saturated rings. The number of nitrogens with one attached hydrogen (secondary N) is 2. The highest BCUT2D eigenvalue weighted by molar-refractivity contribution is 5.79. The van der Waals surface area contributed by atoms with Crippen molar-refractivity contribution in [3.63, 3.8) is 0 Å². The van der Waals surface area contributed by atoms with Crippen molar-refractivity contribution in [3.05, 3.63) is 35.4 Å². The Balaban J connectivity index is 2.88. The van der Waals surface area contributed by atoms with E-state index in [1.54, 1.807) is 0 Å². The molecule has 0 atom stereocenters. The molecule has 0 bridgehead atoms. The third-order valence-corrected chi connectivity index (χ3v) is 3.70. The van der Waals surface area contributed by atoms with Crippen molar-refractivity contribution >= 4 is 11.8 Å². The van der Waals surface area contributed by atoms with Crippen LogP contribution < -0.4 is 10.6 Å². The van der Waals surface area contributed by atoms with E-state index in [1.807, 2.05) is 13.8 Å². The fourth-order valence-electron chi connectivity index (χ4n) is 2.21. The first kappa shape index (κ1) is 21.0. The summed E-state index contributed by atoms with van der Waals surface area (Å²) in [6, 6.07) is 4.43. The molecule has 0 heterocycles. The van der Waals surface area contributed by atoms with E-state index in [0.717, 1.165) is 25.0 Å². The molecule has 7 heteroatoms. The van der Waals surface area contributed by atoms with Crippen LogP contribution in [0.15, 0.2) is 24.3 Å². The van der Waals surface area contributed by atoms with Gasteiger partial charge in [-0.15, -0.1) is 0 Å². The molecule has 0 saturated heterocycles. The summed E-state index contributed by atoms with van der Waals surface area (Å²) in [5, 5.41) is 5.36. The Morgan fingerprint density at radius 3 is 1.72 bits per heavy atom. The zero-order chi connectivity index (χ0) is 18.9. The number of amides is 2. The fourth-order valence-corrected chi connectivity index (χ4v) is 2.21. The molecule has 0 unspecified atom stereocenters. The molecule has 1 rings (SSSR count). The highest BCUT2D eigenvalue weighted by Gasteiger charge is 2.30. The summed E-state index contributed by atoms with van der Waals surface area (Å²) in [4.78, 5) is 23.9. The van der Waals surface area contributed by atoms with Crippen molar-refractivity contribution < 1.29 is 22.8 Å². The average molecular weight is 358 g/mol. The minimum absolute atomic E-state index is 0.248. The van der Waals surface area contributed by atoms with Crippen LogP contribution >= 0.6 is 0 Å². The van der Waals surface area contributed by atoms with Gasteiger partial charge in [-0.1, -0.05) is 38.8 Å². The van der Waals surface area contributed by atoms with Crippen LogP contribution in [-0.2, 0) is 15.8 Å². The SMILES string of the molecule is CCCCC(=O)NC(NC(=O)CCCC)c1ccc(C(F)(F)F)cc1. The third-order valence-electron chi connectivity index (χ3n) is 3.70. The maximum atomic E-state index is 12.7. The van der Waals surface area contributed by atoms with Gasteiger partial charge in [0.25, 0.3) is 0 Å². The summed E-state index contributed by atoms with van der Waals surface area (Å²) < 4.78 is 38.0. The molecule has 25 heavy (non-hydrogen) atoms. The number of unbranched alkanes of at least 4 members (excludes halogenated alkanes) is 2. The van der Waals surface area contributed by atoms with E-state index < -0.39 is 17.9 Å². The number of carbonyl (C=O) groups excluding carboxylic acids is 2. The van der Waals surface area contributed by atoms with E-state index in [9.17, 15) is 22.8 Å². The minimum atomic E-state index is -4.43. The topological polar surface area (TPSA) is 58.2 Å². The lowest BCUT2D eigenvalue weighted by atomic mass is 10.1. The molecule has 0 spiro atoms. The minimum Gasteiger partial charge on any atom is -0.332 e. The second-order valence-electron chi connectivity index (χ2n) is 5.89. The third kappa shape index (κ3) is 7.58. The Bertz CT molecular complexity index is 534. The second-order valence-corrected chi connectivity index (χ2v) is 5.89. The van der Waals surface area contributed by atoms with Gasteiger partial charge < -0.3 is 10.6 Å². The molecule has 4 nitrogen and oxygen atoms in total. The largest absolute Gasteiger partial charge is 0.416 e. The standard InChI is InChI=1S/C18H25F3N2O2/c1-3-5-7-15(24)22-17(23-16(25)8-6-4-2)13-9-11-14(12-10-13)18(19,20)21/h9-12,17H,3-8H2,1-2H3,(H,22,24)(H,23,25). The lowest BCUT2D eigenvalue weighted by Crippen LogP contribution is -2.41. The Hall–Kier alpha value is -2.05. The first-order chi connectivity index (χ1) is 11.8. The molecule has 0 saturated carbocycles. The lowest BCUT2D eigenvalue weighted by molar-refractivity contribution is -0.137. The number of hydrogen-bond donors (Lipinski definition) is 2. The molecule has 0 aliphatic heterocycles. The molecule has 140 valence electrons. The maximum absolute atomic E-state index is 12.7. The number of carbonyl (C=O) groups is 2. The summed E-state index contributed by atoms with van der Waals surface area (Å²) in [5.74, 6) is -0.495. The molecule has 0 aliphatic carbocycles. The van der Waals surface area contributed by atoms with E-state index in [-0.39, 0.29) is 11.8 Å². The van der Waals surface area contributed by atoms with Crippen molar-refractivity contribution in [3.8, 4) is 0 Å². The van der Waals surface area contributed by atoms with Crippen LogP contribution in [0.3, 0.4) is 0 Å². The lowest BCUT2D eigenvalue weighted by Gasteiger charge is -2.21. The average Bonchev–Trinajstić information content (AvgIpc) is 2.57. The van der Waals surface area contributed by atoms with Crippen molar-refractivity contribution in [2.75, 3.05) is 0 Å². The van der Waals surface area contributed by atoms with E-state index in [0.29, 0.717) is 31.2 Å². The van der Waals surface area contributed by atoms with E-state index in [1.165, 1.54) is 12.1 Å². The zero-order valence-electron chi connectivity index (χ0n) is 14.6. The van der Waals surface area contributed by atoms with E-state index >= 15 is 0 Å². The quantitative estimate of drug-likeness (QED) is 0.646. The van der Waals surface area contributed by atoms with Gasteiger partial charge in [0.2, 0.25) is 11.8 Å². The monoisotopic (exact) mass is 358 g/mol. The van der Waals surface area contributed by atoms with Gasteiger partial charge in [0, 0.05) is 12.8 Å². The van der Waals surface area contributed by atoms with Crippen LogP contribution in [0, 0.1) is 0 Å². The summed E-state index contributed by atoms with van der Waals surface area (Å²) in [7, 11) is 0. The Morgan fingerprint density at radius 2 is 1.36 bits per heavy atom. The van der Waals surface area contributed by atoms with Crippen molar-refractivity contribution in [1.82, 2.24) is 10.6 Å². The van der Waals surface area contributed by atoms with Gasteiger partial charge in [0.05, 0.1) is 5.56 Å². The predicted molar refractivity (Wildman–Crippen MR) is 89.5 cm³/mol. The van der Waals surface area contributed by atoms with Crippen molar-refractivity contribution in [1.29, 1.82) is 0 Å². The van der Waals surface area contributed by atoms with Crippen molar-refractivity contribution in [2.45, 2.75) is 64.7 Å². The molecule has 1 aromatic rings. The van der Waals surface area contributed by atoms with Gasteiger partial charge in [0.15, 0.2) is 0 Å². The molecule has 0 radical (unpaired) electrons. The molecular weight excluding hydrogens is 333 g/mol. The van der Waals surface area contributed by atoms with Crippen LogP contribution in [0.1, 0.15) is 69.7 Å². The number of benzene rings is 1. The van der Waals surface area contributed by atoms with Gasteiger partial charge in [-0.3, -0.25) is 9.59 Å². The number of alkyl halides is 3. The molecular formula is C18H25F3N2O2. The number of halogens is 3. The highest BCUT2D eigenvalue weighted by atomic mass is 19.4. The molecule has 0 aromatic heterocycles. The molecule has 2 N–H and O–H groups in total. The van der Waals surface area contributed by atoms with Gasteiger partial charge >= 0.3 is 6.18 Å². The smallest absolute Gasteiger partial charge is 0.332 e. The molecule has 1 aromatic carbocycles. The van der Waals surface area contributed by atoms with Crippen LogP contribution in [-0.4, -0.2) is 11.8 Å². The summed E-state index contributed by atoms with van der Waals surface area (Å²) in [5.41, 5.74) is -0.368. The summed E-state index contributed by atoms with van der Waals surface area (Å²) in [6.07, 6.45) is -1.55. The predicted octanol–water partition coefficient (Wildman–Crippen LogP) is 4.32. The van der Waals surface area contributed by atoms with Crippen LogP contribution in [0.25, 0.3) is 0 Å². The van der Waals surface area contributed by atoms with Crippen LogP contribution in [0.2, 0.25) is 0 Å². The Labute approximate surface area is 146 Å².